The smallest absolute Gasteiger partial charge is 0.258 e. The lowest BCUT2D eigenvalue weighted by Crippen LogP contribution is -1.88. The van der Waals surface area contributed by atoms with Crippen LogP contribution in [-0.4, -0.2) is 4.92 Å². The molecule has 1 heterocycles. The molecule has 0 spiro atoms. The summed E-state index contributed by atoms with van der Waals surface area (Å²) in [6, 6.07) is 6.68. The Hall–Kier alpha value is -1.39. The lowest BCUT2D eigenvalue weighted by Gasteiger charge is -2.01. The quantitative estimate of drug-likeness (QED) is 0.351. The molecule has 0 saturated heterocycles. The Morgan fingerprint density at radius 3 is 2.76 bits per heavy atom. The van der Waals surface area contributed by atoms with Crippen molar-refractivity contribution in [1.29, 1.82) is 0 Å². The van der Waals surface area contributed by atoms with Gasteiger partial charge < -0.3 is 0 Å². The first-order valence-corrected chi connectivity index (χ1v) is 8.39. The first kappa shape index (κ1) is 16.0. The molecule has 3 nitrogen and oxygen atoms in total. The predicted octanol–water partition coefficient (Wildman–Crippen LogP) is 6.10. The summed E-state index contributed by atoms with van der Waals surface area (Å²) in [5, 5.41) is 13.5. The highest BCUT2D eigenvalue weighted by Crippen LogP contribution is 2.35. The summed E-state index contributed by atoms with van der Waals surface area (Å²) < 4.78 is 0. The van der Waals surface area contributed by atoms with Crippen LogP contribution < -0.4 is 0 Å². The van der Waals surface area contributed by atoms with Crippen molar-refractivity contribution in [2.75, 3.05) is 0 Å². The number of halogens is 1. The van der Waals surface area contributed by atoms with Crippen LogP contribution in [0, 0.1) is 10.1 Å². The van der Waals surface area contributed by atoms with Crippen molar-refractivity contribution in [1.82, 2.24) is 0 Å². The Balaban J connectivity index is 2.13. The highest BCUT2D eigenvalue weighted by Gasteiger charge is 2.13. The van der Waals surface area contributed by atoms with Gasteiger partial charge in [-0.1, -0.05) is 37.8 Å². The van der Waals surface area contributed by atoms with Crippen molar-refractivity contribution in [3.05, 3.63) is 50.3 Å². The first-order valence-electron chi connectivity index (χ1n) is 7.13. The zero-order valence-electron chi connectivity index (χ0n) is 12.0. The Morgan fingerprint density at radius 2 is 2.05 bits per heavy atom. The van der Waals surface area contributed by atoms with Gasteiger partial charge in [0.25, 0.3) is 5.69 Å². The number of hydrogen-bond acceptors (Lipinski definition) is 3. The number of thiophene rings is 1. The van der Waals surface area contributed by atoms with Crippen LogP contribution in [0.25, 0.3) is 10.4 Å². The third-order valence-electron chi connectivity index (χ3n) is 3.40. The molecule has 0 aliphatic heterocycles. The molecule has 0 aliphatic carbocycles. The van der Waals surface area contributed by atoms with Crippen LogP contribution >= 0.6 is 22.9 Å². The molecule has 0 unspecified atom stereocenters. The standard InChI is InChI=1S/C16H18ClNO2S/c1-2-3-4-5-6-12-9-16(21-11-12)14-10-13(18(19)20)7-8-15(14)17/h7-11H,2-6H2,1H3. The minimum absolute atomic E-state index is 0.0762. The van der Waals surface area contributed by atoms with E-state index in [1.807, 2.05) is 0 Å². The minimum atomic E-state index is -0.390. The summed E-state index contributed by atoms with van der Waals surface area (Å²) in [6.07, 6.45) is 6.00. The highest BCUT2D eigenvalue weighted by atomic mass is 35.5. The van der Waals surface area contributed by atoms with Gasteiger partial charge in [-0.25, -0.2) is 0 Å². The summed E-state index contributed by atoms with van der Waals surface area (Å²) in [4.78, 5) is 11.5. The number of aryl methyl sites for hydroxylation is 1. The Kier molecular flexibility index (Phi) is 5.76. The molecule has 0 amide bonds. The molecule has 5 heteroatoms. The van der Waals surface area contributed by atoms with Crippen LogP contribution in [0.2, 0.25) is 5.02 Å². The number of non-ortho nitro benzene ring substituents is 1. The van der Waals surface area contributed by atoms with E-state index in [4.69, 9.17) is 11.6 Å². The number of nitro benzene ring substituents is 1. The maximum absolute atomic E-state index is 10.9. The molecule has 0 atom stereocenters. The van der Waals surface area contributed by atoms with E-state index in [0.717, 1.165) is 16.9 Å². The molecule has 2 aromatic rings. The number of nitrogens with zero attached hydrogens (tertiary/aromatic N) is 1. The predicted molar refractivity (Wildman–Crippen MR) is 89.3 cm³/mol. The van der Waals surface area contributed by atoms with Crippen LogP contribution in [0.3, 0.4) is 0 Å². The van der Waals surface area contributed by atoms with E-state index in [0.29, 0.717) is 5.02 Å². The molecule has 21 heavy (non-hydrogen) atoms. The number of hydrogen-bond donors (Lipinski definition) is 0. The second kappa shape index (κ2) is 7.57. The van der Waals surface area contributed by atoms with Gasteiger partial charge in [-0.05, 0) is 35.9 Å². The average Bonchev–Trinajstić information content (AvgIpc) is 2.92. The van der Waals surface area contributed by atoms with E-state index in [9.17, 15) is 10.1 Å². The zero-order valence-corrected chi connectivity index (χ0v) is 13.5. The second-order valence-corrected chi connectivity index (χ2v) is 6.37. The van der Waals surface area contributed by atoms with E-state index >= 15 is 0 Å². The van der Waals surface area contributed by atoms with Crippen LogP contribution in [-0.2, 0) is 6.42 Å². The maximum atomic E-state index is 10.9. The SMILES string of the molecule is CCCCCCc1csc(-c2cc([N+](=O)[O-])ccc2Cl)c1. The van der Waals surface area contributed by atoms with Crippen LogP contribution in [0.15, 0.2) is 29.6 Å². The number of nitro groups is 1. The van der Waals surface area contributed by atoms with Crippen molar-refractivity contribution in [3.8, 4) is 10.4 Å². The Bertz CT molecular complexity index is 624. The van der Waals surface area contributed by atoms with E-state index in [1.54, 1.807) is 23.5 Å². The number of unbranched alkanes of at least 4 members (excludes halogenated alkanes) is 3. The van der Waals surface area contributed by atoms with Crippen molar-refractivity contribution < 1.29 is 4.92 Å². The summed E-state index contributed by atoms with van der Waals surface area (Å²) in [7, 11) is 0. The van der Waals surface area contributed by atoms with Gasteiger partial charge in [0.05, 0.1) is 4.92 Å². The minimum Gasteiger partial charge on any atom is -0.258 e. The fourth-order valence-electron chi connectivity index (χ4n) is 2.22. The zero-order chi connectivity index (χ0) is 15.2. The molecule has 0 radical (unpaired) electrons. The average molecular weight is 324 g/mol. The molecule has 0 fully saturated rings. The van der Waals surface area contributed by atoms with Crippen molar-refractivity contribution in [2.24, 2.45) is 0 Å². The van der Waals surface area contributed by atoms with E-state index in [-0.39, 0.29) is 10.6 Å². The van der Waals surface area contributed by atoms with E-state index in [1.165, 1.54) is 37.3 Å². The van der Waals surface area contributed by atoms with Crippen molar-refractivity contribution >= 4 is 28.6 Å². The summed E-state index contributed by atoms with van der Waals surface area (Å²) in [5.41, 5.74) is 2.11. The van der Waals surface area contributed by atoms with Gasteiger partial charge in [-0.15, -0.1) is 11.3 Å². The van der Waals surface area contributed by atoms with Gasteiger partial charge >= 0.3 is 0 Å². The monoisotopic (exact) mass is 323 g/mol. The van der Waals surface area contributed by atoms with E-state index in [2.05, 4.69) is 18.4 Å². The molecule has 1 aromatic carbocycles. The van der Waals surface area contributed by atoms with Gasteiger partial charge in [0.1, 0.15) is 0 Å². The fraction of sp³-hybridized carbons (Fsp3) is 0.375. The largest absolute Gasteiger partial charge is 0.270 e. The summed E-state index contributed by atoms with van der Waals surface area (Å²) in [6.45, 7) is 2.20. The molecule has 112 valence electrons. The molecule has 0 bridgehead atoms. The van der Waals surface area contributed by atoms with E-state index < -0.39 is 0 Å². The molecule has 1 aromatic heterocycles. The molecule has 0 N–H and O–H groups in total. The molecule has 0 saturated carbocycles. The molecular formula is C16H18ClNO2S. The maximum Gasteiger partial charge on any atom is 0.270 e. The van der Waals surface area contributed by atoms with Gasteiger partial charge in [0.15, 0.2) is 0 Å². The first-order chi connectivity index (χ1) is 10.1. The number of benzene rings is 1. The lowest BCUT2D eigenvalue weighted by atomic mass is 10.1. The second-order valence-electron chi connectivity index (χ2n) is 5.05. The summed E-state index contributed by atoms with van der Waals surface area (Å²) >= 11 is 7.77. The Labute approximate surface area is 133 Å². The van der Waals surface area contributed by atoms with Gasteiger partial charge in [-0.3, -0.25) is 10.1 Å². The van der Waals surface area contributed by atoms with Crippen molar-refractivity contribution in [2.45, 2.75) is 39.0 Å². The summed E-state index contributed by atoms with van der Waals surface area (Å²) in [5.74, 6) is 0. The Morgan fingerprint density at radius 1 is 1.24 bits per heavy atom. The third kappa shape index (κ3) is 4.29. The fourth-order valence-corrected chi connectivity index (χ4v) is 3.47. The number of rotatable bonds is 7. The van der Waals surface area contributed by atoms with Crippen LogP contribution in [0.1, 0.15) is 38.2 Å². The van der Waals surface area contributed by atoms with Gasteiger partial charge in [0, 0.05) is 27.6 Å². The topological polar surface area (TPSA) is 43.1 Å². The molecular weight excluding hydrogens is 306 g/mol. The van der Waals surface area contributed by atoms with Crippen LogP contribution in [0.4, 0.5) is 5.69 Å². The highest BCUT2D eigenvalue weighted by molar-refractivity contribution is 7.13. The van der Waals surface area contributed by atoms with Gasteiger partial charge in [-0.2, -0.15) is 0 Å². The molecule has 0 aliphatic rings. The normalized spacial score (nSPS) is 10.8. The van der Waals surface area contributed by atoms with Gasteiger partial charge in [0.2, 0.25) is 0 Å². The van der Waals surface area contributed by atoms with Crippen LogP contribution in [0.5, 0.6) is 0 Å². The molecule has 2 rings (SSSR count). The third-order valence-corrected chi connectivity index (χ3v) is 4.74. The van der Waals surface area contributed by atoms with Crippen molar-refractivity contribution in [3.63, 3.8) is 0 Å². The lowest BCUT2D eigenvalue weighted by molar-refractivity contribution is -0.384.